The van der Waals surface area contributed by atoms with Crippen LogP contribution in [0.2, 0.25) is 0 Å². The monoisotopic (exact) mass is 371 g/mol. The molecule has 2 aromatic rings. The van der Waals surface area contributed by atoms with E-state index in [2.05, 4.69) is 15.3 Å². The van der Waals surface area contributed by atoms with E-state index in [1.54, 1.807) is 12.1 Å². The molecule has 1 aliphatic carbocycles. The Morgan fingerprint density at radius 1 is 1.19 bits per heavy atom. The molecule has 1 saturated carbocycles. The van der Waals surface area contributed by atoms with Crippen LogP contribution in [-0.2, 0) is 6.42 Å². The van der Waals surface area contributed by atoms with E-state index in [1.807, 2.05) is 0 Å². The summed E-state index contributed by atoms with van der Waals surface area (Å²) in [5.74, 6) is 0.155. The molecule has 0 bridgehead atoms. The fourth-order valence-corrected chi connectivity index (χ4v) is 3.58. The second-order valence-corrected chi connectivity index (χ2v) is 6.97. The lowest BCUT2D eigenvalue weighted by Crippen LogP contribution is -2.36. The van der Waals surface area contributed by atoms with Gasteiger partial charge in [-0.25, -0.2) is 9.97 Å². The Hall–Kier alpha value is -2.70. The van der Waals surface area contributed by atoms with Gasteiger partial charge in [0.05, 0.1) is 0 Å². The van der Waals surface area contributed by atoms with Crippen molar-refractivity contribution in [2.24, 2.45) is 0 Å². The topological polar surface area (TPSA) is 73.3 Å². The maximum Gasteiger partial charge on any atom is 0.270 e. The first kappa shape index (κ1) is 17.7. The summed E-state index contributed by atoms with van der Waals surface area (Å²) < 4.78 is 24.4. The Morgan fingerprint density at radius 2 is 2.00 bits per heavy atom. The van der Waals surface area contributed by atoms with E-state index in [0.717, 1.165) is 36.8 Å². The Bertz CT molecular complexity index is 820. The number of hydrogen-bond acceptors (Lipinski definition) is 5. The number of hydrogen-bond donors (Lipinski definition) is 1. The number of aromatic nitrogens is 2. The summed E-state index contributed by atoms with van der Waals surface area (Å²) >= 11 is 0. The molecule has 0 atom stereocenters. The molecule has 0 saturated heterocycles. The Kier molecular flexibility index (Phi) is 5.18. The van der Waals surface area contributed by atoms with Gasteiger partial charge in [-0.05, 0) is 30.5 Å². The molecule has 4 rings (SSSR count). The van der Waals surface area contributed by atoms with E-state index < -0.39 is 5.95 Å². The van der Waals surface area contributed by atoms with Crippen molar-refractivity contribution < 1.29 is 18.7 Å². The summed E-state index contributed by atoms with van der Waals surface area (Å²) in [5.41, 5.74) is 1.91. The third kappa shape index (κ3) is 4.18. The molecule has 7 heteroatoms. The molecule has 0 radical (unpaired) electrons. The van der Waals surface area contributed by atoms with Crippen molar-refractivity contribution >= 4 is 5.91 Å². The quantitative estimate of drug-likeness (QED) is 0.837. The SMILES string of the molecule is O=C(NC1CCCCC1)c1cc(Cc2ccc(F)nc2)c2c(n1)OCCO2. The zero-order valence-electron chi connectivity index (χ0n) is 15.0. The zero-order valence-corrected chi connectivity index (χ0v) is 15.0. The first-order valence-electron chi connectivity index (χ1n) is 9.40. The molecule has 6 nitrogen and oxygen atoms in total. The number of nitrogens with one attached hydrogen (secondary N) is 1. The average molecular weight is 371 g/mol. The van der Waals surface area contributed by atoms with Gasteiger partial charge in [0.2, 0.25) is 5.95 Å². The first-order chi connectivity index (χ1) is 13.2. The second-order valence-electron chi connectivity index (χ2n) is 6.97. The highest BCUT2D eigenvalue weighted by atomic mass is 19.1. The number of amides is 1. The Balaban J connectivity index is 1.60. The standard InChI is InChI=1S/C20H22FN3O3/c21-17-7-6-13(12-22-17)10-14-11-16(24-20-18(14)26-8-9-27-20)19(25)23-15-4-2-1-3-5-15/h6-7,11-12,15H,1-5,8-10H2,(H,23,25). The summed E-state index contributed by atoms with van der Waals surface area (Å²) in [6.07, 6.45) is 7.45. The van der Waals surface area contributed by atoms with Crippen molar-refractivity contribution in [3.8, 4) is 11.6 Å². The van der Waals surface area contributed by atoms with Gasteiger partial charge in [-0.3, -0.25) is 4.79 Å². The first-order valence-corrected chi connectivity index (χ1v) is 9.40. The van der Waals surface area contributed by atoms with Crippen LogP contribution in [0.4, 0.5) is 4.39 Å². The van der Waals surface area contributed by atoms with Crippen LogP contribution in [0.15, 0.2) is 24.4 Å². The zero-order chi connectivity index (χ0) is 18.6. The molecule has 1 aliphatic heterocycles. The molecule has 27 heavy (non-hydrogen) atoms. The molecule has 1 fully saturated rings. The summed E-state index contributed by atoms with van der Waals surface area (Å²) in [5, 5.41) is 3.08. The maximum absolute atomic E-state index is 13.1. The summed E-state index contributed by atoms with van der Waals surface area (Å²) in [7, 11) is 0. The van der Waals surface area contributed by atoms with Crippen molar-refractivity contribution in [1.82, 2.24) is 15.3 Å². The van der Waals surface area contributed by atoms with Crippen molar-refractivity contribution in [1.29, 1.82) is 0 Å². The summed E-state index contributed by atoms with van der Waals surface area (Å²) in [4.78, 5) is 20.8. The van der Waals surface area contributed by atoms with E-state index in [0.29, 0.717) is 37.0 Å². The third-order valence-corrected chi connectivity index (χ3v) is 4.94. The molecule has 1 amide bonds. The van der Waals surface area contributed by atoms with Crippen LogP contribution in [-0.4, -0.2) is 35.1 Å². The summed E-state index contributed by atoms with van der Waals surface area (Å²) in [6, 6.07) is 4.91. The predicted octanol–water partition coefficient (Wildman–Crippen LogP) is 3.04. The van der Waals surface area contributed by atoms with Crippen LogP contribution in [0.3, 0.4) is 0 Å². The average Bonchev–Trinajstić information content (AvgIpc) is 2.70. The Labute approximate surface area is 157 Å². The number of nitrogens with zero attached hydrogens (tertiary/aromatic N) is 2. The van der Waals surface area contributed by atoms with Crippen molar-refractivity contribution in [2.75, 3.05) is 13.2 Å². The largest absolute Gasteiger partial charge is 0.484 e. The van der Waals surface area contributed by atoms with Crippen LogP contribution in [0, 0.1) is 5.95 Å². The maximum atomic E-state index is 13.1. The highest BCUT2D eigenvalue weighted by molar-refractivity contribution is 5.93. The molecule has 3 heterocycles. The molecule has 0 spiro atoms. The highest BCUT2D eigenvalue weighted by Crippen LogP contribution is 2.34. The van der Waals surface area contributed by atoms with Crippen LogP contribution >= 0.6 is 0 Å². The van der Waals surface area contributed by atoms with Crippen molar-refractivity contribution in [2.45, 2.75) is 44.6 Å². The van der Waals surface area contributed by atoms with Gasteiger partial charge in [-0.2, -0.15) is 4.39 Å². The molecule has 142 valence electrons. The number of ether oxygens (including phenoxy) is 2. The van der Waals surface area contributed by atoms with Gasteiger partial charge in [0.1, 0.15) is 18.9 Å². The van der Waals surface area contributed by atoms with Gasteiger partial charge in [-0.15, -0.1) is 0 Å². The van der Waals surface area contributed by atoms with Gasteiger partial charge in [0, 0.05) is 24.2 Å². The lowest BCUT2D eigenvalue weighted by molar-refractivity contribution is 0.0919. The Morgan fingerprint density at radius 3 is 2.78 bits per heavy atom. The third-order valence-electron chi connectivity index (χ3n) is 4.94. The smallest absolute Gasteiger partial charge is 0.270 e. The van der Waals surface area contributed by atoms with Crippen LogP contribution < -0.4 is 14.8 Å². The molecule has 0 aromatic carbocycles. The molecule has 1 N–H and O–H groups in total. The highest BCUT2D eigenvalue weighted by Gasteiger charge is 2.24. The van der Waals surface area contributed by atoms with Gasteiger partial charge < -0.3 is 14.8 Å². The second kappa shape index (κ2) is 7.90. The van der Waals surface area contributed by atoms with E-state index >= 15 is 0 Å². The summed E-state index contributed by atoms with van der Waals surface area (Å²) in [6.45, 7) is 0.822. The van der Waals surface area contributed by atoms with E-state index in [1.165, 1.54) is 18.7 Å². The number of rotatable bonds is 4. The minimum absolute atomic E-state index is 0.197. The van der Waals surface area contributed by atoms with E-state index in [9.17, 15) is 9.18 Å². The molecule has 0 unspecified atom stereocenters. The molecular formula is C20H22FN3O3. The lowest BCUT2D eigenvalue weighted by atomic mass is 9.95. The number of halogens is 1. The van der Waals surface area contributed by atoms with Crippen LogP contribution in [0.5, 0.6) is 11.6 Å². The van der Waals surface area contributed by atoms with Crippen molar-refractivity contribution in [3.63, 3.8) is 0 Å². The molecule has 2 aliphatic rings. The normalized spacial score (nSPS) is 16.8. The fourth-order valence-electron chi connectivity index (χ4n) is 3.58. The predicted molar refractivity (Wildman–Crippen MR) is 96.6 cm³/mol. The number of carbonyl (C=O) groups is 1. The minimum Gasteiger partial charge on any atom is -0.484 e. The van der Waals surface area contributed by atoms with Crippen LogP contribution in [0.1, 0.15) is 53.7 Å². The van der Waals surface area contributed by atoms with Gasteiger partial charge in [0.15, 0.2) is 5.75 Å². The fraction of sp³-hybridized carbons (Fsp3) is 0.450. The minimum atomic E-state index is -0.525. The van der Waals surface area contributed by atoms with Crippen LogP contribution in [0.25, 0.3) is 0 Å². The van der Waals surface area contributed by atoms with Crippen molar-refractivity contribution in [3.05, 3.63) is 47.2 Å². The van der Waals surface area contributed by atoms with E-state index in [-0.39, 0.29) is 11.9 Å². The van der Waals surface area contributed by atoms with Gasteiger partial charge >= 0.3 is 0 Å². The molecular weight excluding hydrogens is 349 g/mol. The molecule has 2 aromatic heterocycles. The van der Waals surface area contributed by atoms with E-state index in [4.69, 9.17) is 9.47 Å². The lowest BCUT2D eigenvalue weighted by Gasteiger charge is -2.24. The number of carbonyl (C=O) groups excluding carboxylic acids is 1. The number of fused-ring (bicyclic) bond motifs is 1. The van der Waals surface area contributed by atoms with Gasteiger partial charge in [0.25, 0.3) is 11.8 Å². The van der Waals surface area contributed by atoms with Gasteiger partial charge in [-0.1, -0.05) is 25.3 Å². The number of pyridine rings is 2.